The van der Waals surface area contributed by atoms with Crippen LogP contribution in [0.15, 0.2) is 122 Å². The van der Waals surface area contributed by atoms with Crippen LogP contribution in [0.3, 0.4) is 0 Å². The van der Waals surface area contributed by atoms with Crippen molar-refractivity contribution < 1.29 is 53.6 Å². The normalized spacial score (nSPS) is 21.6. The molecule has 8 aromatic heterocycles. The van der Waals surface area contributed by atoms with Gasteiger partial charge in [-0.1, -0.05) is 71.9 Å². The van der Waals surface area contributed by atoms with Crippen LogP contribution in [-0.4, -0.2) is 261 Å². The van der Waals surface area contributed by atoms with Crippen LogP contribution in [0.2, 0.25) is 10.0 Å². The molecule has 18 heterocycles. The number of aryl methyl sites for hydroxylation is 6. The summed E-state index contributed by atoms with van der Waals surface area (Å²) in [6, 6.07) is 30.5. The topological polar surface area (TPSA) is 326 Å². The van der Waals surface area contributed by atoms with Gasteiger partial charge in [0.15, 0.2) is 22.6 Å². The van der Waals surface area contributed by atoms with E-state index < -0.39 is 44.2 Å². The van der Waals surface area contributed by atoms with Crippen molar-refractivity contribution in [2.75, 3.05) is 169 Å². The van der Waals surface area contributed by atoms with Crippen LogP contribution in [0, 0.1) is 59.3 Å². The Kier molecular flexibility index (Phi) is 30.9. The number of nitrogens with one attached hydrogen (secondary N) is 3. The van der Waals surface area contributed by atoms with E-state index in [0.29, 0.717) is 84.5 Å². The van der Waals surface area contributed by atoms with E-state index in [1.165, 1.54) is 43.2 Å². The molecule has 10 aliphatic heterocycles. The first-order chi connectivity index (χ1) is 70.9. The largest absolute Gasteiger partial charge is 0.405 e. The van der Waals surface area contributed by atoms with E-state index in [2.05, 4.69) is 110 Å². The van der Waals surface area contributed by atoms with Gasteiger partial charge in [-0.25, -0.2) is 45.8 Å². The molecule has 22 rings (SSSR count). The number of anilines is 8. The minimum Gasteiger partial charge on any atom is -0.356 e. The molecule has 33 nitrogen and oxygen atoms in total. The Morgan fingerprint density at radius 3 is 1.23 bits per heavy atom. The van der Waals surface area contributed by atoms with Gasteiger partial charge in [-0.15, -0.1) is 0 Å². The fraction of sp³-hybridized carbons (Fsp3) is 0.514. The molecule has 1 unspecified atom stereocenters. The van der Waals surface area contributed by atoms with E-state index in [-0.39, 0.29) is 89.1 Å². The number of hydrogen-bond donors (Lipinski definition) is 3. The van der Waals surface area contributed by atoms with E-state index in [9.17, 15) is 53.6 Å². The maximum Gasteiger partial charge on any atom is 0.405 e. The first-order valence-electron chi connectivity index (χ1n) is 52.2. The molecule has 4 aromatic carbocycles. The molecule has 0 bridgehead atoms. The third-order valence-electron chi connectivity index (χ3n) is 30.4. The number of piperidine rings is 5. The summed E-state index contributed by atoms with van der Waals surface area (Å²) in [4.78, 5) is 95.1. The molecule has 8 atom stereocenters. The molecule has 10 saturated heterocycles. The Bertz CT molecular complexity index is 7200. The van der Waals surface area contributed by atoms with Crippen molar-refractivity contribution in [2.24, 2.45) is 17.8 Å². The minimum absolute atomic E-state index is 0.00525. The molecule has 12 aromatic rings. The number of hydrogen-bond acceptors (Lipinski definition) is 23. The fourth-order valence-electron chi connectivity index (χ4n) is 22.5. The molecule has 0 spiro atoms. The standard InChI is InChI=1S/C28H35ClFN7O3S.C27H32ClF3N8O3S.2C26H33N5O/c1-41(39,40)33-22-9-8-20(29)14-21(22)28(38)36-13-3-2-7-24(36)23-15-26-31-25(34-11-5-12-34)16-27(37(26)32-23)35-10-4-6-19(17-30)18-35;1-43(41,42)35-19-7-6-17(28)13-18(19)26(40)38-11-3-2-5-21(38)20-14-24-33-23(36-9-4-10-36)15-25(39(24)34-20)37-12-8-32-22(16-37)27(29,30)31;1-17-8-9-19(3)21(13-17)26(32)30-11-6-5-7-23(30)22-14-24-27-25(20(4)16-31(24)28-22)29-12-10-18(2)15-29;1-17-8-10-29(15-17)25-20(4)16-31-24(27-25)14-22(28-31)23-7-5-6-9-30(23)26(32)21-12-18(2)11-19(3)13-21/h8-9,14-16,19,24,33H,2-7,10-13,17-18H2,1H3;6-7,13-15,21-22,32,35H,2-5,8-12,16H2,1H3;8-9,13-14,16,18,23H,5-7,10-12,15H2,1-4H3;11-14,16-17,23H,5-10,15H2,1-4H3/t19-,24-;21-,22?;18-,23-;17-,23-/m0000/s1. The Labute approximate surface area is 871 Å². The summed E-state index contributed by atoms with van der Waals surface area (Å²) in [5.41, 5.74) is 15.0. The monoisotopic (exact) mass is 2110 g/mol. The summed E-state index contributed by atoms with van der Waals surface area (Å²) in [7, 11) is -7.28. The maximum absolute atomic E-state index is 14.0. The SMILES string of the molecule is CS(=O)(=O)Nc1ccc(Cl)cc1C(=O)N1CCCC[C@H]1c1cc2nc(N3CCC3)cc(N3CCC[C@@H](CF)C3)n2n1.CS(=O)(=O)Nc1ccc(Cl)cc1C(=O)N1CCCC[C@H]1c1cc2nc(N3CCC3)cc(N3CCNC(C(F)(F)F)C3)n2n1.Cc1cc(C)cc(C(=O)N2CCCC[C@H]2c2cc3nc(N4CC[C@H](C)C4)c(C)cn3n2)c1.Cc1ccc(C)c(C(=O)N2CCCC[C@H]2c2cc3nc(N4CC[C@H](C)C4)c(C)cn3n2)c1. The second-order valence-electron chi connectivity index (χ2n) is 42.2. The zero-order chi connectivity index (χ0) is 104. The number of sulfonamides is 2. The predicted molar refractivity (Wildman–Crippen MR) is 570 cm³/mol. The molecule has 10 aliphatic rings. The second-order valence-corrected chi connectivity index (χ2v) is 46.6. The van der Waals surface area contributed by atoms with Gasteiger partial charge in [-0.3, -0.25) is 33.0 Å². The number of carbonyl (C=O) groups excluding carboxylic acids is 4. The molecular weight excluding hydrogens is 1970 g/mol. The van der Waals surface area contributed by atoms with Gasteiger partial charge < -0.3 is 54.3 Å². The number of likely N-dealkylation sites (tertiary alicyclic amines) is 4. The van der Waals surface area contributed by atoms with Crippen LogP contribution >= 0.6 is 23.2 Å². The molecule has 0 saturated carbocycles. The molecule has 41 heteroatoms. The van der Waals surface area contributed by atoms with Crippen LogP contribution in [-0.2, 0) is 20.0 Å². The van der Waals surface area contributed by atoms with Crippen molar-refractivity contribution in [3.63, 3.8) is 0 Å². The van der Waals surface area contributed by atoms with Crippen molar-refractivity contribution in [2.45, 2.75) is 207 Å². The number of amides is 4. The number of halogens is 6. The summed E-state index contributed by atoms with van der Waals surface area (Å²) < 4.78 is 115. The van der Waals surface area contributed by atoms with Gasteiger partial charge in [0.2, 0.25) is 20.0 Å². The number of carbonyl (C=O) groups is 4. The van der Waals surface area contributed by atoms with Crippen molar-refractivity contribution >= 4 is 136 Å². The van der Waals surface area contributed by atoms with Crippen molar-refractivity contribution in [3.05, 3.63) is 210 Å². The number of piperazine rings is 1. The van der Waals surface area contributed by atoms with Gasteiger partial charge in [0.1, 0.15) is 40.9 Å². The number of aromatic nitrogens is 12. The van der Waals surface area contributed by atoms with Crippen LogP contribution in [0.1, 0.15) is 251 Å². The first-order valence-corrected chi connectivity index (χ1v) is 56.8. The van der Waals surface area contributed by atoms with E-state index in [1.54, 1.807) is 37.4 Å². The van der Waals surface area contributed by atoms with Crippen LogP contribution < -0.4 is 44.2 Å². The smallest absolute Gasteiger partial charge is 0.356 e. The van der Waals surface area contributed by atoms with Crippen molar-refractivity contribution in [3.8, 4) is 0 Å². The molecule has 3 N–H and O–H groups in total. The zero-order valence-corrected chi connectivity index (χ0v) is 89.0. The fourth-order valence-corrected chi connectivity index (χ4v) is 24.0. The molecular formula is C107H133Cl2F4N25O8S2. The number of nitrogens with zero attached hydrogens (tertiary/aromatic N) is 22. The van der Waals surface area contributed by atoms with E-state index >= 15 is 0 Å². The highest BCUT2D eigenvalue weighted by Crippen LogP contribution is 2.43. The molecule has 0 radical (unpaired) electrons. The lowest BCUT2D eigenvalue weighted by Gasteiger charge is -2.37. The number of fused-ring (bicyclic) bond motifs is 4. The Morgan fingerprint density at radius 1 is 0.399 bits per heavy atom. The van der Waals surface area contributed by atoms with E-state index in [0.717, 1.165) is 271 Å². The highest BCUT2D eigenvalue weighted by atomic mass is 35.5. The zero-order valence-electron chi connectivity index (χ0n) is 85.8. The van der Waals surface area contributed by atoms with Crippen molar-refractivity contribution in [1.29, 1.82) is 0 Å². The van der Waals surface area contributed by atoms with Crippen LogP contribution in [0.5, 0.6) is 0 Å². The van der Waals surface area contributed by atoms with Gasteiger partial charge in [-0.2, -0.15) is 42.6 Å². The van der Waals surface area contributed by atoms with E-state index in [4.69, 9.17) is 63.5 Å². The number of alkyl halides is 4. The lowest BCUT2D eigenvalue weighted by atomic mass is 9.96. The number of rotatable bonds is 19. The van der Waals surface area contributed by atoms with Crippen molar-refractivity contribution in [1.82, 2.24) is 83.3 Å². The molecule has 0 aliphatic carbocycles. The summed E-state index contributed by atoms with van der Waals surface area (Å²) in [6.07, 6.45) is 19.0. The van der Waals surface area contributed by atoms with Gasteiger partial charge in [0.05, 0.1) is 88.6 Å². The Hall–Kier alpha value is -12.2. The van der Waals surface area contributed by atoms with E-state index in [1.807, 2.05) is 81.4 Å². The Balaban J connectivity index is 0.000000125. The summed E-state index contributed by atoms with van der Waals surface area (Å²) in [5.74, 6) is 6.03. The molecule has 4 amide bonds. The molecule has 788 valence electrons. The predicted octanol–water partition coefficient (Wildman–Crippen LogP) is 17.9. The quantitative estimate of drug-likeness (QED) is 0.0633. The van der Waals surface area contributed by atoms with Gasteiger partial charge >= 0.3 is 6.18 Å². The highest BCUT2D eigenvalue weighted by molar-refractivity contribution is 7.92. The Morgan fingerprint density at radius 2 is 0.818 bits per heavy atom. The van der Waals surface area contributed by atoms with Crippen LogP contribution in [0.4, 0.5) is 63.8 Å². The lowest BCUT2D eigenvalue weighted by molar-refractivity contribution is -0.155. The van der Waals surface area contributed by atoms with Gasteiger partial charge in [-0.05, 0) is 229 Å². The summed E-state index contributed by atoms with van der Waals surface area (Å²) >= 11 is 12.5. The first kappa shape index (κ1) is 104. The highest BCUT2D eigenvalue weighted by Gasteiger charge is 2.45. The molecule has 10 fully saturated rings. The summed E-state index contributed by atoms with van der Waals surface area (Å²) in [6.45, 7) is 28.6. The summed E-state index contributed by atoms with van der Waals surface area (Å²) in [5, 5.41) is 22.8. The maximum atomic E-state index is 14.0. The average Bonchev–Trinajstić information content (AvgIpc) is 1.62. The third-order valence-corrected chi connectivity index (χ3v) is 32.0. The minimum atomic E-state index is -4.39. The third kappa shape index (κ3) is 23.2. The van der Waals surface area contributed by atoms with Gasteiger partial charge in [0, 0.05) is 198 Å². The average molecular weight is 2110 g/mol. The van der Waals surface area contributed by atoms with Gasteiger partial charge in [0.25, 0.3) is 23.6 Å². The second kappa shape index (κ2) is 43.8. The lowest BCUT2D eigenvalue weighted by Crippen LogP contribution is -2.57. The molecule has 148 heavy (non-hydrogen) atoms. The van der Waals surface area contributed by atoms with Crippen LogP contribution in [0.25, 0.3) is 22.6 Å². The number of benzene rings is 4.